The van der Waals surface area contributed by atoms with Crippen molar-refractivity contribution in [2.75, 3.05) is 0 Å². The Hall–Kier alpha value is -1.22. The molecule has 0 saturated heterocycles. The largest absolute Gasteiger partial charge is 0.487 e. The maximum absolute atomic E-state index is 10.4. The van der Waals surface area contributed by atoms with Crippen LogP contribution in [0.4, 0.5) is 0 Å². The first-order valence-electron chi connectivity index (χ1n) is 6.03. The third-order valence-corrected chi connectivity index (χ3v) is 3.88. The van der Waals surface area contributed by atoms with Gasteiger partial charge in [-0.15, -0.1) is 0 Å². The molecule has 1 aliphatic rings. The van der Waals surface area contributed by atoms with Gasteiger partial charge in [0.05, 0.1) is 0 Å². The highest BCUT2D eigenvalue weighted by Gasteiger charge is 2.31. The van der Waals surface area contributed by atoms with Gasteiger partial charge < -0.3 is 9.84 Å². The maximum Gasteiger partial charge on any atom is 0.133 e. The number of para-hydroxylation sites is 1. The molecule has 1 aliphatic heterocycles. The number of aliphatic hydroxyl groups is 1. The first-order valence-corrected chi connectivity index (χ1v) is 6.78. The van der Waals surface area contributed by atoms with Crippen LogP contribution in [-0.2, 0) is 6.42 Å². The van der Waals surface area contributed by atoms with E-state index in [0.717, 1.165) is 11.3 Å². The highest BCUT2D eigenvalue weighted by Crippen LogP contribution is 2.36. The Labute approximate surface area is 121 Å². The summed E-state index contributed by atoms with van der Waals surface area (Å²) in [6.45, 7) is 0. The summed E-state index contributed by atoms with van der Waals surface area (Å²) in [5, 5.41) is 11.5. The van der Waals surface area contributed by atoms with Crippen LogP contribution in [0, 0.1) is 0 Å². The highest BCUT2D eigenvalue weighted by atomic mass is 35.5. The molecule has 2 nitrogen and oxygen atoms in total. The Morgan fingerprint density at radius 3 is 2.74 bits per heavy atom. The molecule has 98 valence electrons. The van der Waals surface area contributed by atoms with Gasteiger partial charge in [0.25, 0.3) is 0 Å². The van der Waals surface area contributed by atoms with Crippen LogP contribution in [0.25, 0.3) is 0 Å². The molecule has 0 saturated carbocycles. The number of halogens is 2. The Morgan fingerprint density at radius 1 is 1.16 bits per heavy atom. The van der Waals surface area contributed by atoms with Crippen LogP contribution < -0.4 is 4.74 Å². The minimum Gasteiger partial charge on any atom is -0.487 e. The number of benzene rings is 2. The van der Waals surface area contributed by atoms with E-state index in [1.807, 2.05) is 24.3 Å². The SMILES string of the molecule is OC(c1cc(Cl)ccc1Cl)C1Cc2ccccc2O1. The van der Waals surface area contributed by atoms with Crippen molar-refractivity contribution in [1.82, 2.24) is 0 Å². The second kappa shape index (κ2) is 5.04. The molecular formula is C15H12Cl2O2. The summed E-state index contributed by atoms with van der Waals surface area (Å²) in [7, 11) is 0. The number of hydrogen-bond donors (Lipinski definition) is 1. The molecule has 0 fully saturated rings. The summed E-state index contributed by atoms with van der Waals surface area (Å²) in [4.78, 5) is 0. The molecule has 4 heteroatoms. The minimum atomic E-state index is -0.793. The summed E-state index contributed by atoms with van der Waals surface area (Å²) >= 11 is 12.1. The zero-order valence-electron chi connectivity index (χ0n) is 10.0. The van der Waals surface area contributed by atoms with E-state index in [2.05, 4.69) is 0 Å². The predicted octanol–water partition coefficient (Wildman–Crippen LogP) is 4.03. The molecule has 2 aromatic carbocycles. The number of hydrogen-bond acceptors (Lipinski definition) is 2. The van der Waals surface area contributed by atoms with E-state index in [9.17, 15) is 5.11 Å². The fraction of sp³-hybridized carbons (Fsp3) is 0.200. The van der Waals surface area contributed by atoms with Gasteiger partial charge in [-0.25, -0.2) is 0 Å². The quantitative estimate of drug-likeness (QED) is 0.906. The second-order valence-electron chi connectivity index (χ2n) is 4.58. The van der Waals surface area contributed by atoms with Gasteiger partial charge >= 0.3 is 0 Å². The third-order valence-electron chi connectivity index (χ3n) is 3.30. The molecule has 1 N–H and O–H groups in total. The van der Waals surface area contributed by atoms with Crippen molar-refractivity contribution in [3.8, 4) is 5.75 Å². The van der Waals surface area contributed by atoms with Gasteiger partial charge in [0, 0.05) is 22.0 Å². The molecule has 2 atom stereocenters. The summed E-state index contributed by atoms with van der Waals surface area (Å²) in [6.07, 6.45) is -0.452. The second-order valence-corrected chi connectivity index (χ2v) is 5.42. The zero-order valence-corrected chi connectivity index (χ0v) is 11.5. The smallest absolute Gasteiger partial charge is 0.133 e. The monoisotopic (exact) mass is 294 g/mol. The van der Waals surface area contributed by atoms with E-state index in [1.54, 1.807) is 18.2 Å². The van der Waals surface area contributed by atoms with Gasteiger partial charge in [0.15, 0.2) is 0 Å². The van der Waals surface area contributed by atoms with Gasteiger partial charge in [-0.3, -0.25) is 0 Å². The van der Waals surface area contributed by atoms with E-state index in [4.69, 9.17) is 27.9 Å². The molecule has 3 rings (SSSR count). The van der Waals surface area contributed by atoms with Crippen LogP contribution >= 0.6 is 23.2 Å². The third kappa shape index (κ3) is 2.44. The average molecular weight is 295 g/mol. The molecule has 1 heterocycles. The molecule has 0 radical (unpaired) electrons. The van der Waals surface area contributed by atoms with Crippen molar-refractivity contribution in [2.45, 2.75) is 18.6 Å². The van der Waals surface area contributed by atoms with Gasteiger partial charge in [0.1, 0.15) is 18.0 Å². The van der Waals surface area contributed by atoms with Crippen molar-refractivity contribution in [3.63, 3.8) is 0 Å². The van der Waals surface area contributed by atoms with Crippen molar-refractivity contribution >= 4 is 23.2 Å². The van der Waals surface area contributed by atoms with E-state index < -0.39 is 6.10 Å². The molecule has 0 aliphatic carbocycles. The maximum atomic E-state index is 10.4. The Balaban J connectivity index is 1.87. The topological polar surface area (TPSA) is 29.5 Å². The van der Waals surface area contributed by atoms with Crippen LogP contribution in [0.5, 0.6) is 5.75 Å². The summed E-state index contributed by atoms with van der Waals surface area (Å²) in [5.74, 6) is 0.824. The van der Waals surface area contributed by atoms with E-state index >= 15 is 0 Å². The lowest BCUT2D eigenvalue weighted by Gasteiger charge is -2.19. The Morgan fingerprint density at radius 2 is 1.95 bits per heavy atom. The molecule has 19 heavy (non-hydrogen) atoms. The zero-order chi connectivity index (χ0) is 13.4. The van der Waals surface area contributed by atoms with Gasteiger partial charge in [-0.2, -0.15) is 0 Å². The molecule has 0 aromatic heterocycles. The number of fused-ring (bicyclic) bond motifs is 1. The minimum absolute atomic E-state index is 0.326. The molecule has 0 bridgehead atoms. The Bertz CT molecular complexity index is 588. The Kier molecular flexibility index (Phi) is 3.40. The predicted molar refractivity (Wildman–Crippen MR) is 76.0 cm³/mol. The van der Waals surface area contributed by atoms with Gasteiger partial charge in [0.2, 0.25) is 0 Å². The van der Waals surface area contributed by atoms with E-state index in [1.165, 1.54) is 0 Å². The van der Waals surface area contributed by atoms with Crippen LogP contribution in [0.15, 0.2) is 42.5 Å². The molecular weight excluding hydrogens is 283 g/mol. The van der Waals surface area contributed by atoms with Crippen LogP contribution in [0.2, 0.25) is 10.0 Å². The number of rotatable bonds is 2. The molecule has 0 spiro atoms. The van der Waals surface area contributed by atoms with Gasteiger partial charge in [-0.1, -0.05) is 41.4 Å². The van der Waals surface area contributed by atoms with Gasteiger partial charge in [-0.05, 0) is 29.8 Å². The molecule has 2 unspecified atom stereocenters. The van der Waals surface area contributed by atoms with Crippen molar-refractivity contribution < 1.29 is 9.84 Å². The fourth-order valence-corrected chi connectivity index (χ4v) is 2.74. The van der Waals surface area contributed by atoms with Crippen molar-refractivity contribution in [3.05, 3.63) is 63.6 Å². The normalized spacial score (nSPS) is 18.8. The van der Waals surface area contributed by atoms with Crippen molar-refractivity contribution in [2.24, 2.45) is 0 Å². The van der Waals surface area contributed by atoms with Crippen LogP contribution in [0.1, 0.15) is 17.2 Å². The number of aliphatic hydroxyl groups excluding tert-OH is 1. The summed E-state index contributed by atoms with van der Waals surface area (Å²) in [5.41, 5.74) is 1.71. The molecule has 2 aromatic rings. The lowest BCUT2D eigenvalue weighted by atomic mass is 10.0. The first kappa shape index (κ1) is 12.8. The number of ether oxygens (including phenoxy) is 1. The first-order chi connectivity index (χ1) is 9.15. The fourth-order valence-electron chi connectivity index (χ4n) is 2.33. The summed E-state index contributed by atoms with van der Waals surface area (Å²) < 4.78 is 5.77. The van der Waals surface area contributed by atoms with Crippen LogP contribution in [0.3, 0.4) is 0 Å². The van der Waals surface area contributed by atoms with Crippen LogP contribution in [-0.4, -0.2) is 11.2 Å². The standard InChI is InChI=1S/C15H12Cl2O2/c16-10-5-6-12(17)11(8-10)15(18)14-7-9-3-1-2-4-13(9)19-14/h1-6,8,14-15,18H,7H2. The van der Waals surface area contributed by atoms with Crippen molar-refractivity contribution in [1.29, 1.82) is 0 Å². The highest BCUT2D eigenvalue weighted by molar-refractivity contribution is 6.33. The lowest BCUT2D eigenvalue weighted by Crippen LogP contribution is -2.23. The lowest BCUT2D eigenvalue weighted by molar-refractivity contribution is 0.0493. The van der Waals surface area contributed by atoms with E-state index in [0.29, 0.717) is 22.0 Å². The molecule has 0 amide bonds. The summed E-state index contributed by atoms with van der Waals surface area (Å²) in [6, 6.07) is 12.8. The van der Waals surface area contributed by atoms with E-state index in [-0.39, 0.29) is 6.10 Å². The average Bonchev–Trinajstić information content (AvgIpc) is 2.84.